The highest BCUT2D eigenvalue weighted by molar-refractivity contribution is 7.98. The van der Waals surface area contributed by atoms with Crippen molar-refractivity contribution >= 4 is 24.3 Å². The second-order valence-electron chi connectivity index (χ2n) is 2.24. The summed E-state index contributed by atoms with van der Waals surface area (Å²) in [6.45, 7) is 0. The number of benzene rings is 1. The van der Waals surface area contributed by atoms with Gasteiger partial charge in [0.1, 0.15) is 5.82 Å². The third-order valence-corrected chi connectivity index (χ3v) is 2.32. The third kappa shape index (κ3) is 1.80. The molecule has 0 aliphatic rings. The predicted molar refractivity (Wildman–Crippen MR) is 48.0 cm³/mol. The topological polar surface area (TPSA) is 40.5 Å². The van der Waals surface area contributed by atoms with E-state index >= 15 is 0 Å². The van der Waals surface area contributed by atoms with Crippen molar-refractivity contribution in [3.63, 3.8) is 0 Å². The Morgan fingerprint density at radius 2 is 2.08 bits per heavy atom. The summed E-state index contributed by atoms with van der Waals surface area (Å²) in [5, 5.41) is 17.7. The minimum Gasteiger partial charge on any atom is -0.423 e. The van der Waals surface area contributed by atoms with Crippen LogP contribution < -0.4 is 5.46 Å². The first-order valence-electron chi connectivity index (χ1n) is 3.35. The van der Waals surface area contributed by atoms with Crippen molar-refractivity contribution < 1.29 is 14.4 Å². The molecule has 2 nitrogen and oxygen atoms in total. The molecule has 0 saturated carbocycles. The zero-order chi connectivity index (χ0) is 9.14. The summed E-state index contributed by atoms with van der Waals surface area (Å²) in [4.78, 5) is 0.285. The van der Waals surface area contributed by atoms with Gasteiger partial charge in [0.25, 0.3) is 0 Å². The van der Waals surface area contributed by atoms with Crippen LogP contribution >= 0.6 is 11.8 Å². The van der Waals surface area contributed by atoms with E-state index in [1.54, 1.807) is 6.26 Å². The second kappa shape index (κ2) is 3.93. The fourth-order valence-corrected chi connectivity index (χ4v) is 1.62. The lowest BCUT2D eigenvalue weighted by Gasteiger charge is -2.05. The number of rotatable bonds is 2. The van der Waals surface area contributed by atoms with E-state index in [0.717, 1.165) is 11.8 Å². The molecule has 0 fully saturated rings. The molecule has 1 aromatic rings. The van der Waals surface area contributed by atoms with Crippen molar-refractivity contribution in [3.05, 3.63) is 24.0 Å². The molecule has 0 amide bonds. The Hall–Kier alpha value is -0.515. The van der Waals surface area contributed by atoms with E-state index in [1.165, 1.54) is 18.2 Å². The normalized spacial score (nSPS) is 10.0. The highest BCUT2D eigenvalue weighted by Gasteiger charge is 2.17. The van der Waals surface area contributed by atoms with Crippen molar-refractivity contribution in [3.8, 4) is 0 Å². The molecule has 0 spiro atoms. The Morgan fingerprint density at radius 1 is 1.42 bits per heavy atom. The first kappa shape index (κ1) is 9.57. The number of hydrogen-bond acceptors (Lipinski definition) is 3. The summed E-state index contributed by atoms with van der Waals surface area (Å²) in [7, 11) is -1.61. The number of thioether (sulfide) groups is 1. The van der Waals surface area contributed by atoms with Crippen LogP contribution in [-0.4, -0.2) is 23.4 Å². The van der Waals surface area contributed by atoms with E-state index in [4.69, 9.17) is 10.0 Å². The molecule has 2 N–H and O–H groups in total. The molecule has 0 saturated heterocycles. The van der Waals surface area contributed by atoms with Gasteiger partial charge in [-0.1, -0.05) is 12.1 Å². The Labute approximate surface area is 74.6 Å². The smallest absolute Gasteiger partial charge is 0.423 e. The molecular weight excluding hydrogens is 178 g/mol. The molecule has 0 atom stereocenters. The van der Waals surface area contributed by atoms with E-state index < -0.39 is 12.9 Å². The largest absolute Gasteiger partial charge is 0.489 e. The summed E-state index contributed by atoms with van der Waals surface area (Å²) >= 11 is 1.16. The highest BCUT2D eigenvalue weighted by Crippen LogP contribution is 2.16. The van der Waals surface area contributed by atoms with Crippen LogP contribution in [0.4, 0.5) is 4.39 Å². The first-order chi connectivity index (χ1) is 5.66. The summed E-state index contributed by atoms with van der Waals surface area (Å²) in [5.41, 5.74) is 0.211. The predicted octanol–water partition coefficient (Wildman–Crippen LogP) is 0.227. The van der Waals surface area contributed by atoms with Crippen molar-refractivity contribution in [2.24, 2.45) is 0 Å². The Balaban J connectivity index is 3.18. The van der Waals surface area contributed by atoms with Crippen molar-refractivity contribution in [1.82, 2.24) is 0 Å². The lowest BCUT2D eigenvalue weighted by molar-refractivity contribution is 0.424. The SMILES string of the molecule is CSc1c(F)cccc1B(O)O. The van der Waals surface area contributed by atoms with Crippen LogP contribution in [0.5, 0.6) is 0 Å². The molecule has 0 heterocycles. The molecule has 1 aromatic carbocycles. The molecule has 64 valence electrons. The van der Waals surface area contributed by atoms with Crippen molar-refractivity contribution in [2.75, 3.05) is 6.26 Å². The number of halogens is 1. The van der Waals surface area contributed by atoms with Crippen molar-refractivity contribution in [1.29, 1.82) is 0 Å². The molecule has 0 aliphatic carbocycles. The first-order valence-corrected chi connectivity index (χ1v) is 4.58. The van der Waals surface area contributed by atoms with Crippen LogP contribution in [-0.2, 0) is 0 Å². The van der Waals surface area contributed by atoms with E-state index in [1.807, 2.05) is 0 Å². The Bertz CT molecular complexity index is 280. The maximum atomic E-state index is 13.0. The van der Waals surface area contributed by atoms with Gasteiger partial charge in [0, 0.05) is 4.90 Å². The molecule has 5 heteroatoms. The minimum atomic E-state index is -1.61. The summed E-state index contributed by atoms with van der Waals surface area (Å²) < 4.78 is 13.0. The zero-order valence-corrected chi connectivity index (χ0v) is 7.31. The van der Waals surface area contributed by atoms with E-state index in [-0.39, 0.29) is 10.4 Å². The van der Waals surface area contributed by atoms with Gasteiger partial charge in [-0.2, -0.15) is 0 Å². The van der Waals surface area contributed by atoms with Gasteiger partial charge in [0.05, 0.1) is 0 Å². The van der Waals surface area contributed by atoms with Crippen LogP contribution in [0.25, 0.3) is 0 Å². The third-order valence-electron chi connectivity index (χ3n) is 1.48. The van der Waals surface area contributed by atoms with Gasteiger partial charge < -0.3 is 10.0 Å². The molecule has 0 radical (unpaired) electrons. The fourth-order valence-electron chi connectivity index (χ4n) is 0.944. The van der Waals surface area contributed by atoms with Crippen LogP contribution in [0.15, 0.2) is 23.1 Å². The summed E-state index contributed by atoms with van der Waals surface area (Å²) in [5.74, 6) is -0.423. The standard InChI is InChI=1S/C7H8BFO2S/c1-12-7-5(8(10)11)3-2-4-6(7)9/h2-4,10-11H,1H3. The van der Waals surface area contributed by atoms with Gasteiger partial charge in [-0.05, 0) is 17.8 Å². The maximum Gasteiger partial charge on any atom is 0.489 e. The molecule has 12 heavy (non-hydrogen) atoms. The summed E-state index contributed by atoms with van der Waals surface area (Å²) in [6.07, 6.45) is 1.68. The molecule has 0 aromatic heterocycles. The van der Waals surface area contributed by atoms with Crippen LogP contribution in [0.1, 0.15) is 0 Å². The Kier molecular flexibility index (Phi) is 3.14. The van der Waals surface area contributed by atoms with Gasteiger partial charge in [0.2, 0.25) is 0 Å². The lowest BCUT2D eigenvalue weighted by atomic mass is 9.80. The van der Waals surface area contributed by atoms with Gasteiger partial charge >= 0.3 is 7.12 Å². The monoisotopic (exact) mass is 186 g/mol. The van der Waals surface area contributed by atoms with E-state index in [0.29, 0.717) is 0 Å². The van der Waals surface area contributed by atoms with E-state index in [9.17, 15) is 4.39 Å². The summed E-state index contributed by atoms with van der Waals surface area (Å²) in [6, 6.07) is 4.22. The molecule has 0 bridgehead atoms. The second-order valence-corrected chi connectivity index (χ2v) is 3.05. The van der Waals surface area contributed by atoms with Crippen LogP contribution in [0.3, 0.4) is 0 Å². The zero-order valence-electron chi connectivity index (χ0n) is 6.49. The molecular formula is C7H8BFO2S. The molecule has 1 rings (SSSR count). The average Bonchev–Trinajstić information content (AvgIpc) is 2.03. The van der Waals surface area contributed by atoms with Gasteiger partial charge in [-0.25, -0.2) is 4.39 Å². The minimum absolute atomic E-state index is 0.211. The average molecular weight is 186 g/mol. The maximum absolute atomic E-state index is 13.0. The highest BCUT2D eigenvalue weighted by atomic mass is 32.2. The Morgan fingerprint density at radius 3 is 2.50 bits per heavy atom. The van der Waals surface area contributed by atoms with Crippen LogP contribution in [0, 0.1) is 5.82 Å². The quantitative estimate of drug-likeness (QED) is 0.513. The van der Waals surface area contributed by atoms with Crippen LogP contribution in [0.2, 0.25) is 0 Å². The van der Waals surface area contributed by atoms with E-state index in [2.05, 4.69) is 0 Å². The van der Waals surface area contributed by atoms with Gasteiger partial charge in [-0.15, -0.1) is 11.8 Å². The van der Waals surface area contributed by atoms with Gasteiger partial charge in [0.15, 0.2) is 0 Å². The molecule has 0 unspecified atom stereocenters. The van der Waals surface area contributed by atoms with Gasteiger partial charge in [-0.3, -0.25) is 0 Å². The fraction of sp³-hybridized carbons (Fsp3) is 0.143. The lowest BCUT2D eigenvalue weighted by Crippen LogP contribution is -2.32. The molecule has 0 aliphatic heterocycles. The number of hydrogen-bond donors (Lipinski definition) is 2. The van der Waals surface area contributed by atoms with Crippen molar-refractivity contribution in [2.45, 2.75) is 4.90 Å².